The van der Waals surface area contributed by atoms with Gasteiger partial charge in [-0.3, -0.25) is 14.5 Å². The Bertz CT molecular complexity index is 748. The van der Waals surface area contributed by atoms with E-state index in [1.165, 1.54) is 4.90 Å². The molecule has 146 valence electrons. The van der Waals surface area contributed by atoms with Crippen LogP contribution in [-0.2, 0) is 14.3 Å². The number of ether oxygens (including phenoxy) is 3. The number of hydrogen-bond acceptors (Lipinski definition) is 7. The summed E-state index contributed by atoms with van der Waals surface area (Å²) in [6.07, 6.45) is 3.43. The van der Waals surface area contributed by atoms with Gasteiger partial charge in [0.25, 0.3) is 5.91 Å². The lowest BCUT2D eigenvalue weighted by Crippen LogP contribution is -2.34. The van der Waals surface area contributed by atoms with Gasteiger partial charge in [-0.2, -0.15) is 0 Å². The van der Waals surface area contributed by atoms with Crippen LogP contribution < -0.4 is 9.47 Å². The van der Waals surface area contributed by atoms with E-state index in [-0.39, 0.29) is 12.5 Å². The van der Waals surface area contributed by atoms with Gasteiger partial charge < -0.3 is 14.2 Å². The molecule has 1 heterocycles. The van der Waals surface area contributed by atoms with Gasteiger partial charge >= 0.3 is 5.97 Å². The molecule has 1 aliphatic heterocycles. The molecule has 2 rings (SSSR count). The smallest absolute Gasteiger partial charge is 0.326 e. The zero-order valence-electron chi connectivity index (χ0n) is 15.6. The molecule has 0 saturated carbocycles. The van der Waals surface area contributed by atoms with Crippen LogP contribution in [0.5, 0.6) is 11.5 Å². The fraction of sp³-hybridized carbons (Fsp3) is 0.421. The van der Waals surface area contributed by atoms with E-state index < -0.39 is 5.97 Å². The number of methoxy groups -OCH3 is 1. The average molecular weight is 410 g/mol. The third-order valence-electron chi connectivity index (χ3n) is 3.73. The van der Waals surface area contributed by atoms with Gasteiger partial charge in [0.15, 0.2) is 11.5 Å². The molecule has 27 heavy (non-hydrogen) atoms. The largest absolute Gasteiger partial charge is 0.493 e. The summed E-state index contributed by atoms with van der Waals surface area (Å²) in [6.45, 7) is 4.52. The molecule has 1 saturated heterocycles. The van der Waals surface area contributed by atoms with Crippen molar-refractivity contribution in [3.05, 3.63) is 28.7 Å². The number of thiocarbonyl (C=S) groups is 1. The maximum absolute atomic E-state index is 12.7. The fourth-order valence-corrected chi connectivity index (χ4v) is 3.63. The van der Waals surface area contributed by atoms with Gasteiger partial charge in [-0.15, -0.1) is 0 Å². The second-order valence-corrected chi connectivity index (χ2v) is 7.33. The minimum absolute atomic E-state index is 0.178. The van der Waals surface area contributed by atoms with Crippen LogP contribution in [0.1, 0.15) is 32.3 Å². The number of esters is 1. The van der Waals surface area contributed by atoms with Crippen LogP contribution in [0.3, 0.4) is 0 Å². The summed E-state index contributed by atoms with van der Waals surface area (Å²) in [5.74, 6) is 0.368. The Labute approximate surface area is 168 Å². The van der Waals surface area contributed by atoms with E-state index in [0.29, 0.717) is 39.5 Å². The maximum Gasteiger partial charge on any atom is 0.326 e. The zero-order chi connectivity index (χ0) is 19.8. The average Bonchev–Trinajstić information content (AvgIpc) is 2.91. The summed E-state index contributed by atoms with van der Waals surface area (Å²) < 4.78 is 16.4. The van der Waals surface area contributed by atoms with Crippen LogP contribution in [0.25, 0.3) is 6.08 Å². The van der Waals surface area contributed by atoms with Crippen LogP contribution in [0.2, 0.25) is 0 Å². The molecule has 0 aromatic heterocycles. The normalized spacial score (nSPS) is 15.4. The number of nitrogens with zero attached hydrogens (tertiary/aromatic N) is 1. The monoisotopic (exact) mass is 409 g/mol. The van der Waals surface area contributed by atoms with Crippen molar-refractivity contribution in [3.8, 4) is 11.5 Å². The first-order valence-electron chi connectivity index (χ1n) is 8.72. The lowest BCUT2D eigenvalue weighted by molar-refractivity contribution is -0.146. The Morgan fingerprint density at radius 1 is 1.33 bits per heavy atom. The van der Waals surface area contributed by atoms with E-state index in [2.05, 4.69) is 0 Å². The molecular formula is C19H23NO5S2. The number of rotatable bonds is 9. The second kappa shape index (κ2) is 10.3. The Morgan fingerprint density at radius 3 is 2.78 bits per heavy atom. The van der Waals surface area contributed by atoms with Crippen LogP contribution in [-0.4, -0.2) is 48.0 Å². The molecule has 1 aromatic rings. The van der Waals surface area contributed by atoms with Crippen molar-refractivity contribution in [3.63, 3.8) is 0 Å². The van der Waals surface area contributed by atoms with Gasteiger partial charge in [0, 0.05) is 5.56 Å². The van der Waals surface area contributed by atoms with Gasteiger partial charge in [0.1, 0.15) is 10.9 Å². The molecule has 0 radical (unpaired) electrons. The number of amides is 1. The predicted octanol–water partition coefficient (Wildman–Crippen LogP) is 3.64. The van der Waals surface area contributed by atoms with Crippen LogP contribution in [0.15, 0.2) is 23.1 Å². The molecule has 6 nitrogen and oxygen atoms in total. The number of hydrogen-bond donors (Lipinski definition) is 0. The van der Waals surface area contributed by atoms with Gasteiger partial charge in [0.05, 0.1) is 25.2 Å². The van der Waals surface area contributed by atoms with Crippen molar-refractivity contribution in [2.45, 2.75) is 26.7 Å². The van der Waals surface area contributed by atoms with Gasteiger partial charge in [-0.1, -0.05) is 49.5 Å². The first-order chi connectivity index (χ1) is 13.0. The first kappa shape index (κ1) is 21.2. The highest BCUT2D eigenvalue weighted by Crippen LogP contribution is 2.37. The SMILES string of the molecule is CCCCOC(=O)CN1C(=O)/C(=C/c2cccc(OC)c2OCC)SC1=S. The lowest BCUT2D eigenvalue weighted by atomic mass is 10.1. The maximum atomic E-state index is 12.7. The van der Waals surface area contributed by atoms with Crippen molar-refractivity contribution in [1.82, 2.24) is 4.90 Å². The number of carbonyl (C=O) groups is 2. The van der Waals surface area contributed by atoms with E-state index >= 15 is 0 Å². The summed E-state index contributed by atoms with van der Waals surface area (Å²) in [5, 5.41) is 0. The summed E-state index contributed by atoms with van der Waals surface area (Å²) in [4.78, 5) is 26.3. The number of unbranched alkanes of at least 4 members (excludes halogenated alkanes) is 1. The van der Waals surface area contributed by atoms with Crippen molar-refractivity contribution >= 4 is 46.3 Å². The molecule has 1 aliphatic rings. The number of thioether (sulfide) groups is 1. The van der Waals surface area contributed by atoms with Crippen LogP contribution in [0, 0.1) is 0 Å². The minimum Gasteiger partial charge on any atom is -0.493 e. The molecule has 8 heteroatoms. The topological polar surface area (TPSA) is 65.1 Å². The number of benzene rings is 1. The second-order valence-electron chi connectivity index (χ2n) is 5.65. The number of para-hydroxylation sites is 1. The van der Waals surface area contributed by atoms with E-state index in [9.17, 15) is 9.59 Å². The van der Waals surface area contributed by atoms with Crippen molar-refractivity contribution in [2.75, 3.05) is 26.9 Å². The van der Waals surface area contributed by atoms with E-state index in [4.69, 9.17) is 26.4 Å². The fourth-order valence-electron chi connectivity index (χ4n) is 2.39. The molecule has 0 spiro atoms. The number of carbonyl (C=O) groups excluding carboxylic acids is 2. The van der Waals surface area contributed by atoms with Gasteiger partial charge in [-0.25, -0.2) is 0 Å². The predicted molar refractivity (Wildman–Crippen MR) is 110 cm³/mol. The highest BCUT2D eigenvalue weighted by molar-refractivity contribution is 8.26. The molecule has 0 N–H and O–H groups in total. The Morgan fingerprint density at radius 2 is 2.11 bits per heavy atom. The molecular weight excluding hydrogens is 386 g/mol. The third kappa shape index (κ3) is 5.46. The third-order valence-corrected chi connectivity index (χ3v) is 5.10. The van der Waals surface area contributed by atoms with Crippen molar-refractivity contribution < 1.29 is 23.8 Å². The van der Waals surface area contributed by atoms with E-state index in [0.717, 1.165) is 24.6 Å². The minimum atomic E-state index is -0.461. The highest BCUT2D eigenvalue weighted by atomic mass is 32.2. The summed E-state index contributed by atoms with van der Waals surface area (Å²) in [7, 11) is 1.56. The van der Waals surface area contributed by atoms with Gasteiger partial charge in [0.2, 0.25) is 0 Å². The lowest BCUT2D eigenvalue weighted by Gasteiger charge is -2.13. The van der Waals surface area contributed by atoms with Crippen LogP contribution >= 0.6 is 24.0 Å². The Hall–Kier alpha value is -2.06. The summed E-state index contributed by atoms with van der Waals surface area (Å²) >= 11 is 6.41. The molecule has 1 amide bonds. The van der Waals surface area contributed by atoms with E-state index in [1.54, 1.807) is 19.3 Å². The zero-order valence-corrected chi connectivity index (χ0v) is 17.3. The molecule has 0 bridgehead atoms. The molecule has 0 unspecified atom stereocenters. The summed E-state index contributed by atoms with van der Waals surface area (Å²) in [5.41, 5.74) is 0.710. The highest BCUT2D eigenvalue weighted by Gasteiger charge is 2.34. The Balaban J connectivity index is 2.18. The van der Waals surface area contributed by atoms with Crippen molar-refractivity contribution in [1.29, 1.82) is 0 Å². The molecule has 1 fully saturated rings. The molecule has 0 atom stereocenters. The van der Waals surface area contributed by atoms with Gasteiger partial charge in [-0.05, 0) is 25.5 Å². The van der Waals surface area contributed by atoms with Crippen molar-refractivity contribution in [2.24, 2.45) is 0 Å². The first-order valence-corrected chi connectivity index (χ1v) is 9.95. The standard InChI is InChI=1S/C19H23NO5S2/c1-4-6-10-25-16(21)12-20-18(22)15(27-19(20)26)11-13-8-7-9-14(23-3)17(13)24-5-2/h7-9,11H,4-6,10,12H2,1-3H3/b15-11-. The van der Waals surface area contributed by atoms with Crippen LogP contribution in [0.4, 0.5) is 0 Å². The quantitative estimate of drug-likeness (QED) is 0.267. The summed E-state index contributed by atoms with van der Waals surface area (Å²) in [6, 6.07) is 5.44. The molecule has 1 aromatic carbocycles. The van der Waals surface area contributed by atoms with E-state index in [1.807, 2.05) is 26.0 Å². The Kier molecular flexibility index (Phi) is 8.12. The molecule has 0 aliphatic carbocycles.